The van der Waals surface area contributed by atoms with Crippen molar-refractivity contribution < 1.29 is 39.7 Å². The van der Waals surface area contributed by atoms with E-state index in [-0.39, 0.29) is 0 Å². The lowest BCUT2D eigenvalue weighted by atomic mass is 9.95. The second-order valence-electron chi connectivity index (χ2n) is 5.77. The zero-order valence-electron chi connectivity index (χ0n) is 12.4. The first-order valence-electron chi connectivity index (χ1n) is 7.30. The van der Waals surface area contributed by atoms with E-state index in [1.54, 1.807) is 0 Å². The number of aliphatic hydroxyl groups is 5. The van der Waals surface area contributed by atoms with Gasteiger partial charge in [0, 0.05) is 0 Å². The number of nitrogens with two attached hydrogens (primary N) is 3. The maximum absolute atomic E-state index is 10.2. The van der Waals surface area contributed by atoms with Crippen molar-refractivity contribution in [3.8, 4) is 0 Å². The van der Waals surface area contributed by atoms with Crippen LogP contribution in [0.25, 0.3) is 0 Å². The lowest BCUT2D eigenvalue weighted by Crippen LogP contribution is -2.68. The summed E-state index contributed by atoms with van der Waals surface area (Å²) < 4.78 is 16.1. The molecule has 2 aliphatic rings. The molecule has 2 aliphatic heterocycles. The van der Waals surface area contributed by atoms with Crippen molar-refractivity contribution in [1.82, 2.24) is 0 Å². The Morgan fingerprint density at radius 3 is 1.96 bits per heavy atom. The molecule has 2 rings (SSSR count). The molecule has 11 nitrogen and oxygen atoms in total. The van der Waals surface area contributed by atoms with Crippen molar-refractivity contribution in [2.45, 2.75) is 61.2 Å². The van der Waals surface area contributed by atoms with Crippen molar-refractivity contribution >= 4 is 0 Å². The smallest absolute Gasteiger partial charge is 0.176 e. The highest BCUT2D eigenvalue weighted by Crippen LogP contribution is 2.26. The first-order valence-corrected chi connectivity index (χ1v) is 7.30. The molecule has 2 fully saturated rings. The molecule has 136 valence electrons. The Morgan fingerprint density at radius 1 is 0.783 bits per heavy atom. The van der Waals surface area contributed by atoms with Crippen LogP contribution in [0.5, 0.6) is 0 Å². The van der Waals surface area contributed by atoms with Gasteiger partial charge in [0.2, 0.25) is 0 Å². The topological polar surface area (TPSA) is 207 Å². The molecule has 0 unspecified atom stereocenters. The maximum Gasteiger partial charge on any atom is 0.176 e. The molecule has 11 heteroatoms. The predicted octanol–water partition coefficient (Wildman–Crippen LogP) is -5.50. The van der Waals surface area contributed by atoms with E-state index >= 15 is 0 Å². The Bertz CT molecular complexity index is 387. The monoisotopic (exact) mass is 339 g/mol. The normalized spacial score (nSPS) is 51.7. The molecule has 0 spiro atoms. The quantitative estimate of drug-likeness (QED) is 0.242. The van der Waals surface area contributed by atoms with Crippen LogP contribution < -0.4 is 17.2 Å². The summed E-state index contributed by atoms with van der Waals surface area (Å²) in [5.41, 5.74) is 17.1. The standard InChI is InChI=1S/C12H25N3O8/c13-5-9(20)10(4(2-17)21-11(5)15)23-12-6(14)8(19)7(18)3(1-16)22-12/h3-12,16-20H,1-2,13-15H2/t3-,4-,5-,6-,7-,8-,9-,10-,11-,12+/m1/s1. The predicted molar refractivity (Wildman–Crippen MR) is 74.5 cm³/mol. The minimum atomic E-state index is -1.41. The summed E-state index contributed by atoms with van der Waals surface area (Å²) >= 11 is 0. The van der Waals surface area contributed by atoms with Gasteiger partial charge >= 0.3 is 0 Å². The van der Waals surface area contributed by atoms with Gasteiger partial charge in [0.05, 0.1) is 25.3 Å². The van der Waals surface area contributed by atoms with E-state index in [9.17, 15) is 25.5 Å². The van der Waals surface area contributed by atoms with Crippen LogP contribution in [0.1, 0.15) is 0 Å². The van der Waals surface area contributed by atoms with Crippen molar-refractivity contribution in [3.63, 3.8) is 0 Å². The lowest BCUT2D eigenvalue weighted by molar-refractivity contribution is -0.310. The average molecular weight is 339 g/mol. The molecular formula is C12H25N3O8. The highest BCUT2D eigenvalue weighted by Gasteiger charge is 2.48. The molecule has 2 heterocycles. The number of ether oxygens (including phenoxy) is 3. The van der Waals surface area contributed by atoms with Crippen LogP contribution in [0.3, 0.4) is 0 Å². The first kappa shape index (κ1) is 18.9. The average Bonchev–Trinajstić information content (AvgIpc) is 2.55. The summed E-state index contributed by atoms with van der Waals surface area (Å²) in [5, 5.41) is 48.4. The summed E-state index contributed by atoms with van der Waals surface area (Å²) in [7, 11) is 0. The fraction of sp³-hybridized carbons (Fsp3) is 1.00. The van der Waals surface area contributed by atoms with Gasteiger partial charge in [-0.25, -0.2) is 0 Å². The Hall–Kier alpha value is -0.440. The van der Waals surface area contributed by atoms with E-state index in [1.807, 2.05) is 0 Å². The third-order valence-corrected chi connectivity index (χ3v) is 4.21. The molecule has 10 atom stereocenters. The summed E-state index contributed by atoms with van der Waals surface area (Å²) in [6.07, 6.45) is -9.52. The van der Waals surface area contributed by atoms with Crippen LogP contribution in [0.2, 0.25) is 0 Å². The van der Waals surface area contributed by atoms with Gasteiger partial charge < -0.3 is 56.9 Å². The number of aliphatic hydroxyl groups excluding tert-OH is 5. The largest absolute Gasteiger partial charge is 0.394 e. The number of rotatable bonds is 4. The van der Waals surface area contributed by atoms with E-state index in [0.717, 1.165) is 0 Å². The number of hydrogen-bond donors (Lipinski definition) is 8. The zero-order valence-corrected chi connectivity index (χ0v) is 12.4. The molecule has 2 saturated heterocycles. The van der Waals surface area contributed by atoms with Crippen LogP contribution in [0, 0.1) is 0 Å². The molecule has 11 N–H and O–H groups in total. The Balaban J connectivity index is 2.11. The SMILES string of the molecule is N[C@@H]1[C@@H](O)[C@H](O[C@@H]2O[C@H](CO)[C@@H](O)[C@H](O)[C@H]2N)[C@@H](CO)O[C@H]1N. The molecular weight excluding hydrogens is 314 g/mol. The molecule has 0 amide bonds. The minimum Gasteiger partial charge on any atom is -0.394 e. The highest BCUT2D eigenvalue weighted by molar-refractivity contribution is 4.96. The molecule has 23 heavy (non-hydrogen) atoms. The zero-order chi connectivity index (χ0) is 17.3. The lowest BCUT2D eigenvalue weighted by Gasteiger charge is -2.46. The number of hydrogen-bond acceptors (Lipinski definition) is 11. The summed E-state index contributed by atoms with van der Waals surface area (Å²) in [6.45, 7) is -1.07. The minimum absolute atomic E-state index is 0.501. The van der Waals surface area contributed by atoms with E-state index in [2.05, 4.69) is 0 Å². The third-order valence-electron chi connectivity index (χ3n) is 4.21. The van der Waals surface area contributed by atoms with Gasteiger partial charge in [0.25, 0.3) is 0 Å². The molecule has 0 aromatic rings. The maximum atomic E-state index is 10.2. The van der Waals surface area contributed by atoms with Gasteiger partial charge in [0.15, 0.2) is 6.29 Å². The van der Waals surface area contributed by atoms with Gasteiger partial charge in [-0.1, -0.05) is 0 Å². The van der Waals surface area contributed by atoms with Crippen molar-refractivity contribution in [2.24, 2.45) is 17.2 Å². The van der Waals surface area contributed by atoms with E-state index in [0.29, 0.717) is 0 Å². The Labute approximate surface area is 132 Å². The second-order valence-corrected chi connectivity index (χ2v) is 5.77. The molecule has 0 aromatic heterocycles. The van der Waals surface area contributed by atoms with Crippen molar-refractivity contribution in [1.29, 1.82) is 0 Å². The summed E-state index contributed by atoms with van der Waals surface area (Å²) in [4.78, 5) is 0. The van der Waals surface area contributed by atoms with E-state index in [4.69, 9.17) is 31.4 Å². The molecule has 0 radical (unpaired) electrons. The van der Waals surface area contributed by atoms with Gasteiger partial charge in [-0.2, -0.15) is 0 Å². The Kier molecular flexibility index (Phi) is 6.27. The summed E-state index contributed by atoms with van der Waals surface area (Å²) in [6, 6.07) is -2.11. The highest BCUT2D eigenvalue weighted by atomic mass is 16.7. The Morgan fingerprint density at radius 2 is 1.39 bits per heavy atom. The molecule has 0 aliphatic carbocycles. The molecule has 0 saturated carbocycles. The van der Waals surface area contributed by atoms with Crippen molar-refractivity contribution in [2.75, 3.05) is 13.2 Å². The van der Waals surface area contributed by atoms with Crippen LogP contribution in [0.4, 0.5) is 0 Å². The van der Waals surface area contributed by atoms with E-state index < -0.39 is 74.4 Å². The van der Waals surface area contributed by atoms with Gasteiger partial charge in [-0.15, -0.1) is 0 Å². The van der Waals surface area contributed by atoms with E-state index in [1.165, 1.54) is 0 Å². The molecule has 0 aromatic carbocycles. The fourth-order valence-corrected chi connectivity index (χ4v) is 2.70. The van der Waals surface area contributed by atoms with Gasteiger partial charge in [0.1, 0.15) is 42.9 Å². The first-order chi connectivity index (χ1) is 10.8. The second kappa shape index (κ2) is 7.63. The van der Waals surface area contributed by atoms with Gasteiger partial charge in [-0.05, 0) is 0 Å². The van der Waals surface area contributed by atoms with Crippen molar-refractivity contribution in [3.05, 3.63) is 0 Å². The molecule has 0 bridgehead atoms. The van der Waals surface area contributed by atoms with Gasteiger partial charge in [-0.3, -0.25) is 0 Å². The van der Waals surface area contributed by atoms with Crippen LogP contribution in [-0.2, 0) is 14.2 Å². The fourth-order valence-electron chi connectivity index (χ4n) is 2.70. The van der Waals surface area contributed by atoms with Crippen LogP contribution >= 0.6 is 0 Å². The van der Waals surface area contributed by atoms with Crippen LogP contribution in [-0.4, -0.2) is 100.0 Å². The van der Waals surface area contributed by atoms with Crippen LogP contribution in [0.15, 0.2) is 0 Å². The third kappa shape index (κ3) is 3.65. The summed E-state index contributed by atoms with van der Waals surface area (Å²) in [5.74, 6) is 0.